The van der Waals surface area contributed by atoms with E-state index in [1.54, 1.807) is 40.4 Å². The Hall–Kier alpha value is -3.83. The number of hydrogen-bond donors (Lipinski definition) is 2. The van der Waals surface area contributed by atoms with Gasteiger partial charge in [0.05, 0.1) is 39.6 Å². The van der Waals surface area contributed by atoms with Gasteiger partial charge in [-0.15, -0.1) is 0 Å². The van der Waals surface area contributed by atoms with Crippen LogP contribution in [0.3, 0.4) is 0 Å². The van der Waals surface area contributed by atoms with Crippen LogP contribution >= 0.6 is 0 Å². The first-order valence-corrected chi connectivity index (χ1v) is 12.8. The maximum absolute atomic E-state index is 13.5. The van der Waals surface area contributed by atoms with Crippen molar-refractivity contribution < 1.29 is 32.9 Å². The van der Waals surface area contributed by atoms with Gasteiger partial charge in [-0.3, -0.25) is 9.80 Å². The Morgan fingerprint density at radius 2 is 1.56 bits per heavy atom. The predicted molar refractivity (Wildman–Crippen MR) is 142 cm³/mol. The average Bonchev–Trinajstić information content (AvgIpc) is 2.93. The van der Waals surface area contributed by atoms with Crippen molar-refractivity contribution >= 4 is 12.0 Å². The summed E-state index contributed by atoms with van der Waals surface area (Å²) in [6, 6.07) is 8.40. The first kappa shape index (κ1) is 28.2. The molecule has 2 aliphatic rings. The second-order valence-corrected chi connectivity index (χ2v) is 9.24. The van der Waals surface area contributed by atoms with Gasteiger partial charge in [0.2, 0.25) is 5.75 Å². The van der Waals surface area contributed by atoms with Crippen molar-refractivity contribution in [3.63, 3.8) is 0 Å². The average molecular weight is 543 g/mol. The van der Waals surface area contributed by atoms with Crippen molar-refractivity contribution in [3.05, 3.63) is 64.6 Å². The van der Waals surface area contributed by atoms with Crippen LogP contribution in [0.25, 0.3) is 0 Å². The number of halogens is 1. The van der Waals surface area contributed by atoms with Crippen LogP contribution in [-0.2, 0) is 16.1 Å². The van der Waals surface area contributed by atoms with Gasteiger partial charge in [-0.25, -0.2) is 14.0 Å². The fourth-order valence-electron chi connectivity index (χ4n) is 4.96. The highest BCUT2D eigenvalue weighted by Crippen LogP contribution is 2.40. The maximum atomic E-state index is 13.5. The van der Waals surface area contributed by atoms with Gasteiger partial charge < -0.3 is 29.6 Å². The minimum atomic E-state index is -0.743. The molecule has 2 aromatic rings. The van der Waals surface area contributed by atoms with Gasteiger partial charge in [-0.2, -0.15) is 0 Å². The van der Waals surface area contributed by atoms with Gasteiger partial charge in [0.1, 0.15) is 5.82 Å². The number of nitrogens with zero attached hydrogens (tertiary/aromatic N) is 2. The monoisotopic (exact) mass is 542 g/mol. The smallest absolute Gasteiger partial charge is 0.338 e. The van der Waals surface area contributed by atoms with Crippen LogP contribution in [0, 0.1) is 5.82 Å². The Labute approximate surface area is 227 Å². The molecule has 1 fully saturated rings. The van der Waals surface area contributed by atoms with Crippen molar-refractivity contribution in [2.24, 2.45) is 0 Å². The molecule has 0 saturated carbocycles. The molecule has 210 valence electrons. The molecule has 0 aliphatic carbocycles. The normalized spacial score (nSPS) is 18.3. The van der Waals surface area contributed by atoms with E-state index in [1.165, 1.54) is 12.1 Å². The summed E-state index contributed by atoms with van der Waals surface area (Å²) in [7, 11) is 4.79. The molecule has 0 bridgehead atoms. The Morgan fingerprint density at radius 3 is 2.15 bits per heavy atom. The zero-order valence-electron chi connectivity index (χ0n) is 22.7. The number of esters is 1. The largest absolute Gasteiger partial charge is 0.493 e. The fraction of sp³-hybridized carbons (Fsp3) is 0.429. The number of rotatable bonds is 10. The zero-order chi connectivity index (χ0) is 27.9. The lowest BCUT2D eigenvalue weighted by molar-refractivity contribution is -0.139. The molecule has 1 atom stereocenters. The lowest BCUT2D eigenvalue weighted by atomic mass is 9.95. The molecule has 4 rings (SSSR count). The molecule has 2 aliphatic heterocycles. The summed E-state index contributed by atoms with van der Waals surface area (Å²) in [5.74, 6) is 0.897. The molecule has 1 saturated heterocycles. The maximum Gasteiger partial charge on any atom is 0.338 e. The van der Waals surface area contributed by atoms with Crippen molar-refractivity contribution in [1.29, 1.82) is 0 Å². The van der Waals surface area contributed by atoms with E-state index in [4.69, 9.17) is 18.9 Å². The number of nitrogens with one attached hydrogen (secondary N) is 2. The molecular formula is C28H35FN4O6. The van der Waals surface area contributed by atoms with Crippen LogP contribution < -0.4 is 24.8 Å². The lowest BCUT2D eigenvalue weighted by Crippen LogP contribution is -2.51. The number of ether oxygens (including phenoxy) is 4. The van der Waals surface area contributed by atoms with E-state index in [9.17, 15) is 14.0 Å². The number of urea groups is 1. The highest BCUT2D eigenvalue weighted by atomic mass is 19.1. The van der Waals surface area contributed by atoms with Crippen LogP contribution in [0.5, 0.6) is 17.2 Å². The summed E-state index contributed by atoms with van der Waals surface area (Å²) in [5, 5.41) is 5.59. The van der Waals surface area contributed by atoms with E-state index in [0.29, 0.717) is 47.2 Å². The van der Waals surface area contributed by atoms with E-state index < -0.39 is 23.9 Å². The van der Waals surface area contributed by atoms with Crippen LogP contribution in [0.2, 0.25) is 0 Å². The molecule has 39 heavy (non-hydrogen) atoms. The SMILES string of the molecule is CCOC(=O)C1=C(CN2CCN(Cc3ccc(OC)c(OC)c3OC)CC2)NC(=O)NC1c1ccc(F)cc1. The van der Waals surface area contributed by atoms with Crippen molar-refractivity contribution in [1.82, 2.24) is 20.4 Å². The first-order chi connectivity index (χ1) is 18.9. The Kier molecular flexibility index (Phi) is 9.26. The van der Waals surface area contributed by atoms with Crippen molar-refractivity contribution in [2.45, 2.75) is 19.5 Å². The Balaban J connectivity index is 1.49. The molecule has 0 radical (unpaired) electrons. The van der Waals surface area contributed by atoms with Gasteiger partial charge >= 0.3 is 12.0 Å². The number of carbonyl (C=O) groups excluding carboxylic acids is 2. The molecule has 1 unspecified atom stereocenters. The predicted octanol–water partition coefficient (Wildman–Crippen LogP) is 2.84. The summed E-state index contributed by atoms with van der Waals surface area (Å²) < 4.78 is 35.4. The van der Waals surface area contributed by atoms with Gasteiger partial charge in [0.25, 0.3) is 0 Å². The topological polar surface area (TPSA) is 102 Å². The molecule has 0 spiro atoms. The molecule has 2 aromatic carbocycles. The molecule has 10 nitrogen and oxygen atoms in total. The van der Waals surface area contributed by atoms with E-state index in [-0.39, 0.29) is 6.61 Å². The van der Waals surface area contributed by atoms with E-state index in [1.807, 2.05) is 12.1 Å². The number of piperazine rings is 1. The van der Waals surface area contributed by atoms with E-state index >= 15 is 0 Å². The first-order valence-electron chi connectivity index (χ1n) is 12.8. The van der Waals surface area contributed by atoms with Gasteiger partial charge in [0.15, 0.2) is 11.5 Å². The van der Waals surface area contributed by atoms with Crippen LogP contribution in [0.1, 0.15) is 24.1 Å². The highest BCUT2D eigenvalue weighted by molar-refractivity contribution is 5.95. The summed E-state index contributed by atoms with van der Waals surface area (Å²) in [6.07, 6.45) is 0. The second-order valence-electron chi connectivity index (χ2n) is 9.24. The third-order valence-electron chi connectivity index (χ3n) is 6.88. The molecule has 2 heterocycles. The third-order valence-corrected chi connectivity index (χ3v) is 6.88. The summed E-state index contributed by atoms with van der Waals surface area (Å²) in [5.41, 5.74) is 2.39. The van der Waals surface area contributed by atoms with Gasteiger partial charge in [-0.05, 0) is 30.7 Å². The molecule has 11 heteroatoms. The highest BCUT2D eigenvalue weighted by Gasteiger charge is 2.35. The zero-order valence-corrected chi connectivity index (χ0v) is 22.7. The van der Waals surface area contributed by atoms with Crippen LogP contribution in [0.4, 0.5) is 9.18 Å². The standard InChI is InChI=1S/C28H35FN4O6/c1-5-39-27(34)23-21(30-28(35)31-24(23)18-6-9-20(29)10-7-18)17-33-14-12-32(13-15-33)16-19-8-11-22(36-2)26(38-4)25(19)37-3/h6-11,24H,5,12-17H2,1-4H3,(H2,30,31,35). The number of carbonyl (C=O) groups is 2. The number of benzene rings is 2. The quantitative estimate of drug-likeness (QED) is 0.442. The second kappa shape index (κ2) is 12.8. The van der Waals surface area contributed by atoms with Crippen LogP contribution in [0.15, 0.2) is 47.7 Å². The van der Waals surface area contributed by atoms with Gasteiger partial charge in [0, 0.05) is 50.5 Å². The minimum Gasteiger partial charge on any atom is -0.493 e. The van der Waals surface area contributed by atoms with Crippen LogP contribution in [-0.4, -0.2) is 82.5 Å². The summed E-state index contributed by atoms with van der Waals surface area (Å²) in [6.45, 7) is 5.94. The van der Waals surface area contributed by atoms with E-state index in [0.717, 1.165) is 31.7 Å². The lowest BCUT2D eigenvalue weighted by Gasteiger charge is -2.37. The Morgan fingerprint density at radius 1 is 0.923 bits per heavy atom. The molecule has 0 aromatic heterocycles. The van der Waals surface area contributed by atoms with Gasteiger partial charge in [-0.1, -0.05) is 18.2 Å². The summed E-state index contributed by atoms with van der Waals surface area (Å²) in [4.78, 5) is 30.1. The summed E-state index contributed by atoms with van der Waals surface area (Å²) >= 11 is 0. The van der Waals surface area contributed by atoms with E-state index in [2.05, 4.69) is 20.4 Å². The molecule has 2 N–H and O–H groups in total. The Bertz CT molecular complexity index is 1210. The number of hydrogen-bond acceptors (Lipinski definition) is 8. The number of methoxy groups -OCH3 is 3. The fourth-order valence-corrected chi connectivity index (χ4v) is 4.96. The number of amides is 2. The third kappa shape index (κ3) is 6.43. The van der Waals surface area contributed by atoms with Crippen molar-refractivity contribution in [3.8, 4) is 17.2 Å². The molecule has 2 amide bonds. The molecular weight excluding hydrogens is 507 g/mol. The minimum absolute atomic E-state index is 0.192. The van der Waals surface area contributed by atoms with Crippen molar-refractivity contribution in [2.75, 3.05) is 60.7 Å².